The molecule has 0 spiro atoms. The highest BCUT2D eigenvalue weighted by Gasteiger charge is 2.15. The average molecular weight is 435 g/mol. The minimum Gasteiger partial charge on any atom is -0.493 e. The summed E-state index contributed by atoms with van der Waals surface area (Å²) >= 11 is 0. The lowest BCUT2D eigenvalue weighted by Crippen LogP contribution is -2.05. The SMILES string of the molecule is COc1ccc(S(C)(=O)=NC(=O)c2cncc(C#Cc3ccc(C)cc3)c2)cc1OC. The van der Waals surface area contributed by atoms with E-state index in [-0.39, 0.29) is 5.56 Å². The molecule has 6 nitrogen and oxygen atoms in total. The maximum Gasteiger partial charge on any atom is 0.286 e. The lowest BCUT2D eigenvalue weighted by molar-refractivity contribution is 0.100. The molecule has 0 aliphatic carbocycles. The van der Waals surface area contributed by atoms with Crippen molar-refractivity contribution in [2.24, 2.45) is 4.36 Å². The molecule has 3 aromatic rings. The molecule has 0 aliphatic rings. The zero-order valence-electron chi connectivity index (χ0n) is 17.7. The minimum absolute atomic E-state index is 0.214. The number of carbonyl (C=O) groups excluding carboxylic acids is 1. The number of hydrogen-bond acceptors (Lipinski definition) is 5. The molecule has 1 atom stereocenters. The third-order valence-electron chi connectivity index (χ3n) is 4.44. The van der Waals surface area contributed by atoms with Crippen LogP contribution < -0.4 is 9.47 Å². The van der Waals surface area contributed by atoms with E-state index in [9.17, 15) is 9.00 Å². The second-order valence-electron chi connectivity index (χ2n) is 6.79. The Morgan fingerprint density at radius 2 is 1.61 bits per heavy atom. The number of carbonyl (C=O) groups is 1. The van der Waals surface area contributed by atoms with Crippen molar-refractivity contribution in [2.75, 3.05) is 20.5 Å². The van der Waals surface area contributed by atoms with Gasteiger partial charge < -0.3 is 9.47 Å². The Morgan fingerprint density at radius 1 is 0.935 bits per heavy atom. The van der Waals surface area contributed by atoms with E-state index >= 15 is 0 Å². The largest absolute Gasteiger partial charge is 0.493 e. The van der Waals surface area contributed by atoms with Gasteiger partial charge >= 0.3 is 0 Å². The van der Waals surface area contributed by atoms with Crippen LogP contribution in [0.15, 0.2) is 70.2 Å². The van der Waals surface area contributed by atoms with Crippen molar-refractivity contribution >= 4 is 15.6 Å². The van der Waals surface area contributed by atoms with E-state index in [1.807, 2.05) is 31.2 Å². The van der Waals surface area contributed by atoms with Crippen molar-refractivity contribution in [1.29, 1.82) is 0 Å². The molecule has 0 N–H and O–H groups in total. The van der Waals surface area contributed by atoms with Crippen molar-refractivity contribution in [3.8, 4) is 23.3 Å². The van der Waals surface area contributed by atoms with Crippen LogP contribution in [0, 0.1) is 18.8 Å². The van der Waals surface area contributed by atoms with Gasteiger partial charge in [0.1, 0.15) is 0 Å². The standard InChI is InChI=1S/C24H22N2O4S/c1-17-5-7-18(8-6-17)9-10-19-13-20(16-25-15-19)24(27)26-31(4,28)21-11-12-22(29-2)23(14-21)30-3/h5-8,11-16H,1-4H3. The molecule has 1 aromatic heterocycles. The average Bonchev–Trinajstić information content (AvgIpc) is 2.78. The number of aryl methyl sites for hydroxylation is 1. The summed E-state index contributed by atoms with van der Waals surface area (Å²) in [5.41, 5.74) is 2.79. The first-order chi connectivity index (χ1) is 14.8. The van der Waals surface area contributed by atoms with Crippen molar-refractivity contribution in [3.05, 3.63) is 83.2 Å². The predicted octanol–water partition coefficient (Wildman–Crippen LogP) is 4.10. The van der Waals surface area contributed by atoms with Crippen molar-refractivity contribution in [2.45, 2.75) is 11.8 Å². The highest BCUT2D eigenvalue weighted by Crippen LogP contribution is 2.30. The van der Waals surface area contributed by atoms with Gasteiger partial charge in [0, 0.05) is 35.8 Å². The molecule has 1 heterocycles. The molecular weight excluding hydrogens is 412 g/mol. The van der Waals surface area contributed by atoms with Crippen LogP contribution in [0.4, 0.5) is 0 Å². The van der Waals surface area contributed by atoms with Crippen molar-refractivity contribution in [3.63, 3.8) is 0 Å². The molecule has 0 aliphatic heterocycles. The normalized spacial score (nSPS) is 12.1. The molecule has 0 saturated heterocycles. The van der Waals surface area contributed by atoms with Gasteiger partial charge in [0.05, 0.1) is 34.4 Å². The van der Waals surface area contributed by atoms with Crippen LogP contribution in [-0.4, -0.2) is 35.6 Å². The molecule has 2 aromatic carbocycles. The Balaban J connectivity index is 1.89. The molecule has 0 radical (unpaired) electrons. The van der Waals surface area contributed by atoms with Gasteiger partial charge in [-0.1, -0.05) is 29.5 Å². The van der Waals surface area contributed by atoms with Gasteiger partial charge in [-0.3, -0.25) is 9.78 Å². The van der Waals surface area contributed by atoms with Gasteiger partial charge in [-0.25, -0.2) is 4.21 Å². The number of aromatic nitrogens is 1. The third kappa shape index (κ3) is 5.50. The fraction of sp³-hybridized carbons (Fsp3) is 0.167. The third-order valence-corrected chi connectivity index (χ3v) is 6.08. The van der Waals surface area contributed by atoms with E-state index in [2.05, 4.69) is 21.2 Å². The van der Waals surface area contributed by atoms with Crippen LogP contribution in [0.25, 0.3) is 0 Å². The molecular formula is C24H22N2O4S. The van der Waals surface area contributed by atoms with Gasteiger partial charge in [0.15, 0.2) is 11.5 Å². The summed E-state index contributed by atoms with van der Waals surface area (Å²) in [5, 5.41) is 0. The molecule has 3 rings (SSSR count). The zero-order chi connectivity index (χ0) is 22.4. The summed E-state index contributed by atoms with van der Waals surface area (Å²) in [6.07, 6.45) is 4.35. The Hall–Kier alpha value is -3.63. The quantitative estimate of drug-likeness (QED) is 0.578. The van der Waals surface area contributed by atoms with Crippen LogP contribution >= 0.6 is 0 Å². The molecule has 1 amide bonds. The van der Waals surface area contributed by atoms with Gasteiger partial charge in [-0.05, 0) is 37.3 Å². The zero-order valence-corrected chi connectivity index (χ0v) is 18.5. The number of nitrogens with zero attached hydrogens (tertiary/aromatic N) is 2. The molecule has 158 valence electrons. The van der Waals surface area contributed by atoms with Crippen LogP contribution in [0.5, 0.6) is 11.5 Å². The minimum atomic E-state index is -3.01. The number of benzene rings is 2. The van der Waals surface area contributed by atoms with Gasteiger partial charge in [-0.2, -0.15) is 4.36 Å². The number of methoxy groups -OCH3 is 2. The van der Waals surface area contributed by atoms with E-state index < -0.39 is 15.6 Å². The molecule has 0 bridgehead atoms. The summed E-state index contributed by atoms with van der Waals surface area (Å²) < 4.78 is 27.5. The number of hydrogen-bond donors (Lipinski definition) is 0. The molecule has 0 fully saturated rings. The Labute approximate surface area is 182 Å². The fourth-order valence-corrected chi connectivity index (χ4v) is 3.90. The maximum atomic E-state index is 13.1. The fourth-order valence-electron chi connectivity index (χ4n) is 2.72. The first-order valence-electron chi connectivity index (χ1n) is 9.34. The van der Waals surface area contributed by atoms with Crippen LogP contribution in [0.1, 0.15) is 27.0 Å². The highest BCUT2D eigenvalue weighted by atomic mass is 32.2. The van der Waals surface area contributed by atoms with Gasteiger partial charge in [-0.15, -0.1) is 0 Å². The Bertz CT molecular complexity index is 1300. The molecule has 1 unspecified atom stereocenters. The van der Waals surface area contributed by atoms with Crippen molar-refractivity contribution in [1.82, 2.24) is 4.98 Å². The number of rotatable bonds is 4. The Kier molecular flexibility index (Phi) is 6.73. The van der Waals surface area contributed by atoms with Crippen molar-refractivity contribution < 1.29 is 18.5 Å². The van der Waals surface area contributed by atoms with Crippen LogP contribution in [-0.2, 0) is 9.73 Å². The summed E-state index contributed by atoms with van der Waals surface area (Å²) in [6.45, 7) is 2.01. The van der Waals surface area contributed by atoms with Gasteiger partial charge in [0.2, 0.25) is 0 Å². The van der Waals surface area contributed by atoms with E-state index in [1.165, 1.54) is 26.7 Å². The second kappa shape index (κ2) is 9.45. The van der Waals surface area contributed by atoms with E-state index in [0.717, 1.165) is 11.1 Å². The van der Waals surface area contributed by atoms with E-state index in [0.29, 0.717) is 22.0 Å². The first-order valence-corrected chi connectivity index (χ1v) is 11.3. The van der Waals surface area contributed by atoms with E-state index in [1.54, 1.807) is 30.5 Å². The molecule has 0 saturated carbocycles. The lowest BCUT2D eigenvalue weighted by atomic mass is 10.1. The predicted molar refractivity (Wildman–Crippen MR) is 120 cm³/mol. The maximum absolute atomic E-state index is 13.1. The van der Waals surface area contributed by atoms with Crippen LogP contribution in [0.3, 0.4) is 0 Å². The number of amides is 1. The summed E-state index contributed by atoms with van der Waals surface area (Å²) in [6, 6.07) is 14.2. The summed E-state index contributed by atoms with van der Waals surface area (Å²) in [7, 11) is -0.0187. The smallest absolute Gasteiger partial charge is 0.286 e. The topological polar surface area (TPSA) is 77.9 Å². The number of ether oxygens (including phenoxy) is 2. The highest BCUT2D eigenvalue weighted by molar-refractivity contribution is 7.93. The molecule has 31 heavy (non-hydrogen) atoms. The summed E-state index contributed by atoms with van der Waals surface area (Å²) in [5.74, 6) is 6.30. The second-order valence-corrected chi connectivity index (χ2v) is 9.05. The number of pyridine rings is 1. The monoisotopic (exact) mass is 434 g/mol. The molecule has 7 heteroatoms. The first kappa shape index (κ1) is 22.1. The van der Waals surface area contributed by atoms with E-state index in [4.69, 9.17) is 9.47 Å². The summed E-state index contributed by atoms with van der Waals surface area (Å²) in [4.78, 5) is 17.1. The Morgan fingerprint density at radius 3 is 2.29 bits per heavy atom. The lowest BCUT2D eigenvalue weighted by Gasteiger charge is -2.10. The van der Waals surface area contributed by atoms with Gasteiger partial charge in [0.25, 0.3) is 5.91 Å². The van der Waals surface area contributed by atoms with Crippen LogP contribution in [0.2, 0.25) is 0 Å².